The maximum Gasteiger partial charge on any atom is 0.270 e. The Kier molecular flexibility index (Phi) is 3.12. The number of carbonyl (C=O) groups excluding carboxylic acids is 1. The van der Waals surface area contributed by atoms with Crippen LogP contribution in [-0.2, 0) is 0 Å². The second-order valence-corrected chi connectivity index (χ2v) is 7.83. The van der Waals surface area contributed by atoms with E-state index in [-0.39, 0.29) is 40.4 Å². The van der Waals surface area contributed by atoms with Crippen LogP contribution >= 0.6 is 0 Å². The van der Waals surface area contributed by atoms with Gasteiger partial charge in [0.25, 0.3) is 11.5 Å². The zero-order valence-corrected chi connectivity index (χ0v) is 13.9. The maximum atomic E-state index is 12.9. The number of likely N-dealkylation sites (tertiary alicyclic amines) is 1. The molecule has 1 N–H and O–H groups in total. The fourth-order valence-corrected chi connectivity index (χ4v) is 4.84. The van der Waals surface area contributed by atoms with Crippen molar-refractivity contribution in [3.8, 4) is 0 Å². The van der Waals surface area contributed by atoms with Crippen molar-refractivity contribution < 1.29 is 9.90 Å². The third-order valence-electron chi connectivity index (χ3n) is 5.84. The number of fused-ring (bicyclic) bond motifs is 2. The summed E-state index contributed by atoms with van der Waals surface area (Å²) >= 11 is 0. The molecule has 2 aromatic rings. The van der Waals surface area contributed by atoms with Crippen molar-refractivity contribution in [2.45, 2.75) is 20.3 Å². The van der Waals surface area contributed by atoms with Crippen molar-refractivity contribution >= 4 is 11.6 Å². The van der Waals surface area contributed by atoms with Crippen molar-refractivity contribution in [1.82, 2.24) is 14.3 Å². The average Bonchev–Trinajstić information content (AvgIpc) is 2.90. The number of nitrogens with zero attached hydrogens (tertiary/aromatic N) is 3. The van der Waals surface area contributed by atoms with Gasteiger partial charge in [-0.2, -0.15) is 0 Å². The maximum absolute atomic E-state index is 12.9. The Labute approximate surface area is 139 Å². The van der Waals surface area contributed by atoms with E-state index in [0.29, 0.717) is 18.7 Å². The molecule has 0 bridgehead atoms. The van der Waals surface area contributed by atoms with E-state index in [1.165, 1.54) is 10.6 Å². The van der Waals surface area contributed by atoms with Gasteiger partial charge in [0.15, 0.2) is 0 Å². The Morgan fingerprint density at radius 3 is 2.88 bits per heavy atom. The largest absolute Gasteiger partial charge is 0.396 e. The molecule has 126 valence electrons. The summed E-state index contributed by atoms with van der Waals surface area (Å²) in [6.07, 6.45) is 3.89. The van der Waals surface area contributed by atoms with Gasteiger partial charge in [-0.15, -0.1) is 0 Å². The summed E-state index contributed by atoms with van der Waals surface area (Å²) in [7, 11) is 0. The molecule has 3 heterocycles. The van der Waals surface area contributed by atoms with Gasteiger partial charge < -0.3 is 10.0 Å². The molecule has 1 amide bonds. The standard InChI is InChI=1S/C18H21N3O3/c1-17(2)9-18(11-22)10-20(8-13(17)18)15(23)12-7-19-14-5-3-4-6-21(14)16(12)24/h3-7,13,22H,8-11H2,1-2H3/t13-,18-/m1/s1. The highest BCUT2D eigenvalue weighted by molar-refractivity contribution is 5.94. The van der Waals surface area contributed by atoms with E-state index in [0.717, 1.165) is 6.42 Å². The molecule has 2 fully saturated rings. The molecular weight excluding hydrogens is 306 g/mol. The lowest BCUT2D eigenvalue weighted by molar-refractivity contribution is -0.0977. The molecule has 1 aliphatic carbocycles. The smallest absolute Gasteiger partial charge is 0.270 e. The first-order valence-electron chi connectivity index (χ1n) is 8.24. The van der Waals surface area contributed by atoms with Crippen LogP contribution in [0, 0.1) is 16.7 Å². The first-order valence-corrected chi connectivity index (χ1v) is 8.24. The molecule has 0 unspecified atom stereocenters. The Balaban J connectivity index is 1.68. The topological polar surface area (TPSA) is 74.9 Å². The van der Waals surface area contributed by atoms with Crippen LogP contribution in [0.5, 0.6) is 0 Å². The van der Waals surface area contributed by atoms with Crippen molar-refractivity contribution in [3.63, 3.8) is 0 Å². The third kappa shape index (κ3) is 1.95. The van der Waals surface area contributed by atoms with E-state index in [1.54, 1.807) is 29.3 Å². The molecule has 2 atom stereocenters. The van der Waals surface area contributed by atoms with E-state index in [4.69, 9.17) is 0 Å². The van der Waals surface area contributed by atoms with Crippen LogP contribution < -0.4 is 5.56 Å². The fraction of sp³-hybridized carbons (Fsp3) is 0.500. The summed E-state index contributed by atoms with van der Waals surface area (Å²) in [5.41, 5.74) is 0.176. The van der Waals surface area contributed by atoms with E-state index < -0.39 is 0 Å². The lowest BCUT2D eigenvalue weighted by atomic mass is 9.48. The van der Waals surface area contributed by atoms with Crippen molar-refractivity contribution in [1.29, 1.82) is 0 Å². The Morgan fingerprint density at radius 1 is 1.42 bits per heavy atom. The lowest BCUT2D eigenvalue weighted by Crippen LogP contribution is -2.54. The zero-order valence-electron chi connectivity index (χ0n) is 13.9. The molecule has 1 saturated carbocycles. The van der Waals surface area contributed by atoms with E-state index in [9.17, 15) is 14.7 Å². The average molecular weight is 327 g/mol. The predicted molar refractivity (Wildman–Crippen MR) is 88.8 cm³/mol. The quantitative estimate of drug-likeness (QED) is 0.899. The minimum Gasteiger partial charge on any atom is -0.396 e. The predicted octanol–water partition coefficient (Wildman–Crippen LogP) is 1.18. The first kappa shape index (κ1) is 15.3. The van der Waals surface area contributed by atoms with Crippen LogP contribution in [0.1, 0.15) is 30.6 Å². The number of aliphatic hydroxyl groups excluding tert-OH is 1. The molecule has 2 aromatic heterocycles. The Hall–Kier alpha value is -2.21. The highest BCUT2D eigenvalue weighted by Gasteiger charge is 2.63. The molecule has 0 spiro atoms. The number of hydrogen-bond donors (Lipinski definition) is 1. The van der Waals surface area contributed by atoms with Crippen molar-refractivity contribution in [3.05, 3.63) is 46.5 Å². The van der Waals surface area contributed by atoms with Crippen LogP contribution in [0.15, 0.2) is 35.4 Å². The molecular formula is C18H21N3O3. The molecule has 1 aliphatic heterocycles. The number of aromatic nitrogens is 2. The van der Waals surface area contributed by atoms with E-state index in [1.807, 2.05) is 0 Å². The number of aliphatic hydroxyl groups is 1. The van der Waals surface area contributed by atoms with Crippen LogP contribution in [0.3, 0.4) is 0 Å². The van der Waals surface area contributed by atoms with Gasteiger partial charge >= 0.3 is 0 Å². The second-order valence-electron chi connectivity index (χ2n) is 7.83. The molecule has 0 aromatic carbocycles. The van der Waals surface area contributed by atoms with Crippen LogP contribution in [0.4, 0.5) is 0 Å². The highest BCUT2D eigenvalue weighted by atomic mass is 16.3. The number of rotatable bonds is 2. The summed E-state index contributed by atoms with van der Waals surface area (Å²) in [6.45, 7) is 5.52. The van der Waals surface area contributed by atoms with Crippen molar-refractivity contribution in [2.24, 2.45) is 16.7 Å². The SMILES string of the molecule is CC1(C)C[C@]2(CO)CN(C(=O)c3cnc4ccccn4c3=O)C[C@H]12. The van der Waals surface area contributed by atoms with Gasteiger partial charge in [-0.3, -0.25) is 14.0 Å². The Bertz CT molecular complexity index is 888. The summed E-state index contributed by atoms with van der Waals surface area (Å²) in [5, 5.41) is 9.83. The second kappa shape index (κ2) is 4.89. The normalized spacial score (nSPS) is 27.8. The number of amides is 1. The molecule has 6 heteroatoms. The van der Waals surface area contributed by atoms with Crippen molar-refractivity contribution in [2.75, 3.05) is 19.7 Å². The molecule has 4 rings (SSSR count). The number of hydrogen-bond acceptors (Lipinski definition) is 4. The molecule has 6 nitrogen and oxygen atoms in total. The van der Waals surface area contributed by atoms with Crippen LogP contribution in [0.2, 0.25) is 0 Å². The van der Waals surface area contributed by atoms with Gasteiger partial charge in [0.1, 0.15) is 11.2 Å². The summed E-state index contributed by atoms with van der Waals surface area (Å²) in [4.78, 5) is 31.4. The lowest BCUT2D eigenvalue weighted by Gasteiger charge is -2.55. The number of carbonyl (C=O) groups is 1. The fourth-order valence-electron chi connectivity index (χ4n) is 4.84. The summed E-state index contributed by atoms with van der Waals surface area (Å²) in [5.74, 6) is -0.0149. The first-order chi connectivity index (χ1) is 11.4. The van der Waals surface area contributed by atoms with Crippen LogP contribution in [-0.4, -0.2) is 45.0 Å². The summed E-state index contributed by atoms with van der Waals surface area (Å²) in [6, 6.07) is 5.27. The van der Waals surface area contributed by atoms with Gasteiger partial charge in [0.05, 0.1) is 6.61 Å². The zero-order chi connectivity index (χ0) is 17.1. The molecule has 2 aliphatic rings. The Morgan fingerprint density at radius 2 is 2.21 bits per heavy atom. The van der Waals surface area contributed by atoms with E-state index >= 15 is 0 Å². The minimum atomic E-state index is -0.345. The molecule has 24 heavy (non-hydrogen) atoms. The van der Waals surface area contributed by atoms with Gasteiger partial charge in [-0.05, 0) is 29.9 Å². The molecule has 0 radical (unpaired) electrons. The monoisotopic (exact) mass is 327 g/mol. The van der Waals surface area contributed by atoms with Crippen LogP contribution in [0.25, 0.3) is 5.65 Å². The highest BCUT2D eigenvalue weighted by Crippen LogP contribution is 2.62. The molecule has 1 saturated heterocycles. The third-order valence-corrected chi connectivity index (χ3v) is 5.84. The van der Waals surface area contributed by atoms with E-state index in [2.05, 4.69) is 18.8 Å². The van der Waals surface area contributed by atoms with Gasteiger partial charge in [0, 0.05) is 30.9 Å². The minimum absolute atomic E-state index is 0.0832. The van der Waals surface area contributed by atoms with Gasteiger partial charge in [-0.1, -0.05) is 19.9 Å². The van der Waals surface area contributed by atoms with Gasteiger partial charge in [-0.25, -0.2) is 4.98 Å². The van der Waals surface area contributed by atoms with Gasteiger partial charge in [0.2, 0.25) is 0 Å². The summed E-state index contributed by atoms with van der Waals surface area (Å²) < 4.78 is 1.39. The number of pyridine rings is 1.